The quantitative estimate of drug-likeness (QED) is 0.490. The van der Waals surface area contributed by atoms with Crippen LogP contribution in [0.3, 0.4) is 0 Å². The zero-order chi connectivity index (χ0) is 13.9. The average molecular weight is 265 g/mol. The molecule has 0 heterocycles. The molecule has 0 aliphatic heterocycles. The third kappa shape index (κ3) is 4.22. The third-order valence-corrected chi connectivity index (χ3v) is 3.01. The molecule has 0 bridgehead atoms. The summed E-state index contributed by atoms with van der Waals surface area (Å²) < 4.78 is 13.4. The Bertz CT molecular complexity index is 538. The summed E-state index contributed by atoms with van der Waals surface area (Å²) in [4.78, 5) is 10.7. The number of hydrogen-bond donors (Lipinski definition) is 2. The molecule has 0 aliphatic rings. The molecule has 96 valence electrons. The molecule has 0 atom stereocenters. The number of carbonyl (C=O) groups is 1. The molecule has 1 rings (SSSR count). The highest BCUT2D eigenvalue weighted by Crippen LogP contribution is 2.18. The molecular formula is C13H16FNO2Si. The first-order chi connectivity index (χ1) is 8.19. The highest BCUT2D eigenvalue weighted by molar-refractivity contribution is 6.83. The maximum atomic E-state index is 13.4. The van der Waals surface area contributed by atoms with Crippen molar-refractivity contribution in [2.24, 2.45) is 0 Å². The Morgan fingerprint density at radius 3 is 2.56 bits per heavy atom. The standard InChI is InChI=1S/C13H16FNO2Si/c1-18(2,3)5-4-9-6-11(14)12(15)7-10(9)8-13(16)17/h6-7H,8,15H2,1-3H3,(H,16,17). The number of rotatable bonds is 2. The van der Waals surface area contributed by atoms with Crippen molar-refractivity contribution >= 4 is 19.7 Å². The molecule has 0 aromatic heterocycles. The largest absolute Gasteiger partial charge is 0.481 e. The molecule has 1 aromatic carbocycles. The van der Waals surface area contributed by atoms with E-state index < -0.39 is 19.9 Å². The number of carboxylic acid groups (broad SMARTS) is 1. The van der Waals surface area contributed by atoms with E-state index in [-0.39, 0.29) is 12.1 Å². The lowest BCUT2D eigenvalue weighted by Gasteiger charge is -2.07. The van der Waals surface area contributed by atoms with Crippen LogP contribution in [0.25, 0.3) is 0 Å². The molecule has 18 heavy (non-hydrogen) atoms. The van der Waals surface area contributed by atoms with E-state index in [1.807, 2.05) is 0 Å². The first-order valence-corrected chi connectivity index (χ1v) is 9.02. The summed E-state index contributed by atoms with van der Waals surface area (Å²) in [5.41, 5.74) is 9.34. The van der Waals surface area contributed by atoms with Gasteiger partial charge in [0, 0.05) is 5.56 Å². The maximum Gasteiger partial charge on any atom is 0.307 e. The summed E-state index contributed by atoms with van der Waals surface area (Å²) >= 11 is 0. The summed E-state index contributed by atoms with van der Waals surface area (Å²) in [6.07, 6.45) is -0.208. The Morgan fingerprint density at radius 2 is 2.06 bits per heavy atom. The molecule has 0 aliphatic carbocycles. The van der Waals surface area contributed by atoms with Crippen molar-refractivity contribution in [2.75, 3.05) is 5.73 Å². The second-order valence-electron chi connectivity index (χ2n) is 5.10. The maximum absolute atomic E-state index is 13.4. The first-order valence-electron chi connectivity index (χ1n) is 5.52. The molecule has 0 radical (unpaired) electrons. The smallest absolute Gasteiger partial charge is 0.307 e. The van der Waals surface area contributed by atoms with Gasteiger partial charge in [-0.2, -0.15) is 0 Å². The predicted octanol–water partition coefficient (Wildman–Crippen LogP) is 2.26. The van der Waals surface area contributed by atoms with Gasteiger partial charge in [0.2, 0.25) is 0 Å². The van der Waals surface area contributed by atoms with Crippen LogP contribution in [-0.2, 0) is 11.2 Å². The van der Waals surface area contributed by atoms with Gasteiger partial charge in [0.1, 0.15) is 13.9 Å². The second kappa shape index (κ2) is 5.23. The number of carboxylic acids is 1. The van der Waals surface area contributed by atoms with Crippen LogP contribution in [-0.4, -0.2) is 19.1 Å². The first kappa shape index (κ1) is 14.3. The van der Waals surface area contributed by atoms with Gasteiger partial charge in [-0.25, -0.2) is 4.39 Å². The number of anilines is 1. The number of nitrogens with two attached hydrogens (primary N) is 1. The van der Waals surface area contributed by atoms with Crippen LogP contribution >= 0.6 is 0 Å². The fourth-order valence-corrected chi connectivity index (χ4v) is 1.83. The average Bonchev–Trinajstić information content (AvgIpc) is 2.19. The van der Waals surface area contributed by atoms with E-state index in [0.29, 0.717) is 11.1 Å². The minimum Gasteiger partial charge on any atom is -0.481 e. The van der Waals surface area contributed by atoms with Gasteiger partial charge in [-0.05, 0) is 17.7 Å². The van der Waals surface area contributed by atoms with E-state index in [9.17, 15) is 9.18 Å². The molecule has 0 spiro atoms. The molecule has 5 heteroatoms. The van der Waals surface area contributed by atoms with E-state index in [4.69, 9.17) is 10.8 Å². The van der Waals surface area contributed by atoms with Gasteiger partial charge in [-0.15, -0.1) is 5.54 Å². The van der Waals surface area contributed by atoms with Gasteiger partial charge in [-0.3, -0.25) is 4.79 Å². The fraction of sp³-hybridized carbons (Fsp3) is 0.308. The summed E-state index contributed by atoms with van der Waals surface area (Å²) in [7, 11) is -1.60. The predicted molar refractivity (Wildman–Crippen MR) is 72.4 cm³/mol. The van der Waals surface area contributed by atoms with Crippen LogP contribution in [0.5, 0.6) is 0 Å². The molecule has 3 nitrogen and oxygen atoms in total. The highest BCUT2D eigenvalue weighted by Gasteiger charge is 2.12. The van der Waals surface area contributed by atoms with Gasteiger partial charge >= 0.3 is 5.97 Å². The van der Waals surface area contributed by atoms with Gasteiger partial charge in [0.25, 0.3) is 0 Å². The Hall–Kier alpha value is -1.80. The van der Waals surface area contributed by atoms with Gasteiger partial charge in [0.15, 0.2) is 0 Å². The third-order valence-electron chi connectivity index (χ3n) is 2.14. The second-order valence-corrected chi connectivity index (χ2v) is 9.85. The van der Waals surface area contributed by atoms with Gasteiger partial charge < -0.3 is 10.8 Å². The van der Waals surface area contributed by atoms with Crippen molar-refractivity contribution in [2.45, 2.75) is 26.1 Å². The van der Waals surface area contributed by atoms with Crippen LogP contribution in [0, 0.1) is 17.3 Å². The SMILES string of the molecule is C[Si](C)(C)C#Cc1cc(F)c(N)cc1CC(=O)O. The summed E-state index contributed by atoms with van der Waals surface area (Å²) in [5.74, 6) is 1.32. The van der Waals surface area contributed by atoms with Crippen LogP contribution in [0.4, 0.5) is 10.1 Å². The van der Waals surface area contributed by atoms with Crippen LogP contribution in [0.1, 0.15) is 11.1 Å². The van der Waals surface area contributed by atoms with Crippen molar-refractivity contribution in [1.82, 2.24) is 0 Å². The Kier molecular flexibility index (Phi) is 4.14. The molecule has 0 unspecified atom stereocenters. The van der Waals surface area contributed by atoms with E-state index in [2.05, 4.69) is 31.1 Å². The molecule has 3 N–H and O–H groups in total. The number of nitrogen functional groups attached to an aromatic ring is 1. The highest BCUT2D eigenvalue weighted by atomic mass is 28.3. The zero-order valence-corrected chi connectivity index (χ0v) is 11.7. The number of benzene rings is 1. The summed E-state index contributed by atoms with van der Waals surface area (Å²) in [6, 6.07) is 2.55. The summed E-state index contributed by atoms with van der Waals surface area (Å²) in [5, 5.41) is 8.81. The molecule has 0 saturated heterocycles. The number of halogens is 1. The minimum absolute atomic E-state index is 0.0511. The van der Waals surface area contributed by atoms with Gasteiger partial charge in [0.05, 0.1) is 12.1 Å². The Morgan fingerprint density at radius 1 is 1.44 bits per heavy atom. The normalized spacial score (nSPS) is 10.7. The van der Waals surface area contributed by atoms with Crippen LogP contribution in [0.15, 0.2) is 12.1 Å². The van der Waals surface area contributed by atoms with Gasteiger partial charge in [-0.1, -0.05) is 25.6 Å². The molecule has 1 aromatic rings. The topological polar surface area (TPSA) is 63.3 Å². The lowest BCUT2D eigenvalue weighted by molar-refractivity contribution is -0.136. The Balaban J connectivity index is 3.26. The van der Waals surface area contributed by atoms with Crippen molar-refractivity contribution < 1.29 is 14.3 Å². The summed E-state index contributed by atoms with van der Waals surface area (Å²) in [6.45, 7) is 6.18. The number of aliphatic carboxylic acids is 1. The fourth-order valence-electron chi connectivity index (χ4n) is 1.32. The van der Waals surface area contributed by atoms with Crippen molar-refractivity contribution in [3.63, 3.8) is 0 Å². The minimum atomic E-state index is -1.60. The van der Waals surface area contributed by atoms with E-state index in [1.165, 1.54) is 12.1 Å². The van der Waals surface area contributed by atoms with E-state index >= 15 is 0 Å². The van der Waals surface area contributed by atoms with E-state index in [1.54, 1.807) is 0 Å². The molecule has 0 fully saturated rings. The van der Waals surface area contributed by atoms with Crippen molar-refractivity contribution in [3.8, 4) is 11.5 Å². The lowest BCUT2D eigenvalue weighted by atomic mass is 10.0. The van der Waals surface area contributed by atoms with Crippen LogP contribution in [0.2, 0.25) is 19.6 Å². The molecule has 0 saturated carbocycles. The van der Waals surface area contributed by atoms with E-state index in [0.717, 1.165) is 0 Å². The molecular weight excluding hydrogens is 249 g/mol. The monoisotopic (exact) mass is 265 g/mol. The van der Waals surface area contributed by atoms with Crippen molar-refractivity contribution in [1.29, 1.82) is 0 Å². The Labute approximate surface area is 107 Å². The number of hydrogen-bond acceptors (Lipinski definition) is 2. The van der Waals surface area contributed by atoms with Crippen LogP contribution < -0.4 is 5.73 Å². The van der Waals surface area contributed by atoms with Crippen molar-refractivity contribution in [3.05, 3.63) is 29.1 Å². The lowest BCUT2D eigenvalue weighted by Crippen LogP contribution is -2.16. The zero-order valence-electron chi connectivity index (χ0n) is 10.7. The molecule has 0 amide bonds.